The highest BCUT2D eigenvalue weighted by molar-refractivity contribution is 5.32. The number of para-hydroxylation sites is 1. The van der Waals surface area contributed by atoms with Crippen molar-refractivity contribution in [2.75, 3.05) is 7.11 Å². The molecule has 0 spiro atoms. The van der Waals surface area contributed by atoms with Crippen LogP contribution in [0.15, 0.2) is 24.3 Å². The van der Waals surface area contributed by atoms with Crippen LogP contribution in [0, 0.1) is 0 Å². The average Bonchev–Trinajstić information content (AvgIpc) is 2.36. The van der Waals surface area contributed by atoms with Crippen LogP contribution in [0.1, 0.15) is 51.0 Å². The second-order valence-electron chi connectivity index (χ2n) is 4.38. The highest BCUT2D eigenvalue weighted by Gasteiger charge is 2.02. The summed E-state index contributed by atoms with van der Waals surface area (Å²) >= 11 is 0. The lowest BCUT2D eigenvalue weighted by Gasteiger charge is -2.07. The SMILES string of the molecule is CCCCCCCCc1ccccc1OOC. The van der Waals surface area contributed by atoms with Crippen LogP contribution >= 0.6 is 0 Å². The molecule has 0 heterocycles. The Kier molecular flexibility index (Phi) is 7.48. The van der Waals surface area contributed by atoms with Crippen LogP contribution < -0.4 is 4.89 Å². The Hall–Kier alpha value is -1.02. The minimum atomic E-state index is 0.851. The number of benzene rings is 1. The molecule has 2 nitrogen and oxygen atoms in total. The van der Waals surface area contributed by atoms with Gasteiger partial charge in [-0.2, -0.15) is 4.89 Å². The smallest absolute Gasteiger partial charge is 0.168 e. The zero-order chi connectivity index (χ0) is 12.3. The van der Waals surface area contributed by atoms with Crippen molar-refractivity contribution in [3.05, 3.63) is 29.8 Å². The number of rotatable bonds is 9. The zero-order valence-electron chi connectivity index (χ0n) is 11.1. The number of hydrogen-bond acceptors (Lipinski definition) is 2. The highest BCUT2D eigenvalue weighted by atomic mass is 17.2. The highest BCUT2D eigenvalue weighted by Crippen LogP contribution is 2.20. The summed E-state index contributed by atoms with van der Waals surface area (Å²) in [6.07, 6.45) is 9.00. The fourth-order valence-electron chi connectivity index (χ4n) is 1.98. The first kappa shape index (κ1) is 14.0. The Morgan fingerprint density at radius 3 is 2.41 bits per heavy atom. The average molecular weight is 236 g/mol. The van der Waals surface area contributed by atoms with Gasteiger partial charge in [0.25, 0.3) is 0 Å². The van der Waals surface area contributed by atoms with Crippen molar-refractivity contribution < 1.29 is 9.78 Å². The van der Waals surface area contributed by atoms with Crippen molar-refractivity contribution in [2.24, 2.45) is 0 Å². The summed E-state index contributed by atoms with van der Waals surface area (Å²) < 4.78 is 0. The van der Waals surface area contributed by atoms with E-state index in [0.717, 1.165) is 12.2 Å². The van der Waals surface area contributed by atoms with Gasteiger partial charge in [0.15, 0.2) is 5.75 Å². The van der Waals surface area contributed by atoms with E-state index in [-0.39, 0.29) is 0 Å². The molecule has 1 rings (SSSR count). The van der Waals surface area contributed by atoms with E-state index in [1.54, 1.807) is 7.11 Å². The molecule has 0 radical (unpaired) electrons. The topological polar surface area (TPSA) is 18.5 Å². The zero-order valence-corrected chi connectivity index (χ0v) is 11.1. The summed E-state index contributed by atoms with van der Waals surface area (Å²) in [5.74, 6) is 0.851. The molecule has 96 valence electrons. The molecule has 0 amide bonds. The summed E-state index contributed by atoms with van der Waals surface area (Å²) in [4.78, 5) is 9.86. The van der Waals surface area contributed by atoms with E-state index in [1.165, 1.54) is 44.1 Å². The lowest BCUT2D eigenvalue weighted by atomic mass is 10.0. The number of hydrogen-bond donors (Lipinski definition) is 0. The number of aryl methyl sites for hydroxylation is 1. The third-order valence-corrected chi connectivity index (χ3v) is 2.95. The maximum atomic E-state index is 5.13. The lowest BCUT2D eigenvalue weighted by molar-refractivity contribution is -0.178. The second kappa shape index (κ2) is 9.06. The van der Waals surface area contributed by atoms with E-state index >= 15 is 0 Å². The van der Waals surface area contributed by atoms with Gasteiger partial charge in [-0.1, -0.05) is 57.2 Å². The molecule has 0 aliphatic rings. The first-order valence-corrected chi connectivity index (χ1v) is 6.67. The van der Waals surface area contributed by atoms with Gasteiger partial charge in [0.2, 0.25) is 0 Å². The van der Waals surface area contributed by atoms with Gasteiger partial charge < -0.3 is 4.89 Å². The minimum Gasteiger partial charge on any atom is -0.338 e. The van der Waals surface area contributed by atoms with Crippen molar-refractivity contribution in [2.45, 2.75) is 51.9 Å². The maximum absolute atomic E-state index is 5.13. The predicted octanol–water partition coefficient (Wildman–Crippen LogP) is 4.53. The van der Waals surface area contributed by atoms with Gasteiger partial charge in [-0.05, 0) is 24.5 Å². The Labute approximate surface area is 105 Å². The van der Waals surface area contributed by atoms with Crippen LogP contribution in [-0.4, -0.2) is 7.11 Å². The van der Waals surface area contributed by atoms with Crippen LogP contribution in [0.3, 0.4) is 0 Å². The van der Waals surface area contributed by atoms with Gasteiger partial charge >= 0.3 is 0 Å². The lowest BCUT2D eigenvalue weighted by Crippen LogP contribution is -1.96. The van der Waals surface area contributed by atoms with Gasteiger partial charge in [-0.25, -0.2) is 0 Å². The van der Waals surface area contributed by atoms with Crippen molar-refractivity contribution >= 4 is 0 Å². The Morgan fingerprint density at radius 2 is 1.65 bits per heavy atom. The Balaban J connectivity index is 2.25. The first-order valence-electron chi connectivity index (χ1n) is 6.67. The molecule has 0 aliphatic heterocycles. The van der Waals surface area contributed by atoms with E-state index in [4.69, 9.17) is 9.78 Å². The van der Waals surface area contributed by atoms with Crippen LogP contribution in [0.25, 0.3) is 0 Å². The summed E-state index contributed by atoms with van der Waals surface area (Å²) in [5.41, 5.74) is 1.24. The van der Waals surface area contributed by atoms with Crippen molar-refractivity contribution in [1.82, 2.24) is 0 Å². The summed E-state index contributed by atoms with van der Waals surface area (Å²) in [6.45, 7) is 2.25. The van der Waals surface area contributed by atoms with Crippen molar-refractivity contribution in [3.63, 3.8) is 0 Å². The largest absolute Gasteiger partial charge is 0.338 e. The fraction of sp³-hybridized carbons (Fsp3) is 0.600. The van der Waals surface area contributed by atoms with Crippen LogP contribution in [0.5, 0.6) is 5.75 Å². The van der Waals surface area contributed by atoms with Crippen molar-refractivity contribution in [1.29, 1.82) is 0 Å². The second-order valence-corrected chi connectivity index (χ2v) is 4.38. The van der Waals surface area contributed by atoms with Gasteiger partial charge in [0, 0.05) is 0 Å². The van der Waals surface area contributed by atoms with Crippen molar-refractivity contribution in [3.8, 4) is 5.75 Å². The molecule has 0 fully saturated rings. The van der Waals surface area contributed by atoms with Crippen LogP contribution in [-0.2, 0) is 11.3 Å². The minimum absolute atomic E-state index is 0.851. The monoisotopic (exact) mass is 236 g/mol. The van der Waals surface area contributed by atoms with Gasteiger partial charge in [0.05, 0.1) is 7.11 Å². The van der Waals surface area contributed by atoms with E-state index in [2.05, 4.69) is 19.1 Å². The molecule has 0 atom stereocenters. The molecule has 1 aromatic rings. The molecule has 0 N–H and O–H groups in total. The summed E-state index contributed by atoms with van der Waals surface area (Å²) in [7, 11) is 1.54. The molecular formula is C15H24O2. The molecule has 0 saturated carbocycles. The third kappa shape index (κ3) is 5.73. The van der Waals surface area contributed by atoms with Gasteiger partial charge in [-0.3, -0.25) is 0 Å². The van der Waals surface area contributed by atoms with Crippen LogP contribution in [0.4, 0.5) is 0 Å². The van der Waals surface area contributed by atoms with Gasteiger partial charge in [0.1, 0.15) is 0 Å². The summed E-state index contributed by atoms with van der Waals surface area (Å²) in [5, 5.41) is 0. The van der Waals surface area contributed by atoms with E-state index in [0.29, 0.717) is 0 Å². The standard InChI is InChI=1S/C15H24O2/c1-3-4-5-6-7-8-11-14-12-9-10-13-15(14)17-16-2/h9-10,12-13H,3-8,11H2,1-2H3. The van der Waals surface area contributed by atoms with E-state index in [9.17, 15) is 0 Å². The normalized spacial score (nSPS) is 10.5. The maximum Gasteiger partial charge on any atom is 0.168 e. The van der Waals surface area contributed by atoms with E-state index < -0.39 is 0 Å². The Bertz CT molecular complexity index is 297. The summed E-state index contributed by atoms with van der Waals surface area (Å²) in [6, 6.07) is 8.09. The Morgan fingerprint density at radius 1 is 0.941 bits per heavy atom. The molecule has 17 heavy (non-hydrogen) atoms. The molecule has 2 heteroatoms. The van der Waals surface area contributed by atoms with Gasteiger partial charge in [-0.15, -0.1) is 0 Å². The fourth-order valence-corrected chi connectivity index (χ4v) is 1.98. The third-order valence-electron chi connectivity index (χ3n) is 2.95. The molecule has 1 aromatic carbocycles. The molecule has 0 aliphatic carbocycles. The number of unbranched alkanes of at least 4 members (excludes halogenated alkanes) is 5. The van der Waals surface area contributed by atoms with E-state index in [1.807, 2.05) is 12.1 Å². The van der Waals surface area contributed by atoms with Crippen LogP contribution in [0.2, 0.25) is 0 Å². The molecule has 0 unspecified atom stereocenters. The molecule has 0 aromatic heterocycles. The molecule has 0 bridgehead atoms. The first-order chi connectivity index (χ1) is 8.38. The molecular weight excluding hydrogens is 212 g/mol. The quantitative estimate of drug-likeness (QED) is 0.356. The molecule has 0 saturated heterocycles. The predicted molar refractivity (Wildman–Crippen MR) is 71.2 cm³/mol.